The van der Waals surface area contributed by atoms with Crippen LogP contribution in [-0.2, 0) is 10.0 Å². The predicted octanol–water partition coefficient (Wildman–Crippen LogP) is 1.82. The van der Waals surface area contributed by atoms with Crippen molar-refractivity contribution >= 4 is 10.0 Å². The van der Waals surface area contributed by atoms with Crippen LogP contribution in [0.1, 0.15) is 47.0 Å². The number of sulfonamides is 1. The van der Waals surface area contributed by atoms with Gasteiger partial charge in [0, 0.05) is 25.2 Å². The van der Waals surface area contributed by atoms with E-state index in [-0.39, 0.29) is 5.75 Å². The van der Waals surface area contributed by atoms with Gasteiger partial charge in [0.1, 0.15) is 0 Å². The van der Waals surface area contributed by atoms with Crippen LogP contribution >= 0.6 is 0 Å². The van der Waals surface area contributed by atoms with Gasteiger partial charge in [-0.05, 0) is 32.1 Å². The second kappa shape index (κ2) is 6.87. The van der Waals surface area contributed by atoms with Crippen LogP contribution in [0.25, 0.3) is 0 Å². The number of rotatable bonds is 6. The normalized spacial score (nSPS) is 21.4. The van der Waals surface area contributed by atoms with Gasteiger partial charge in [-0.25, -0.2) is 12.7 Å². The lowest BCUT2D eigenvalue weighted by Crippen LogP contribution is -2.49. The van der Waals surface area contributed by atoms with Gasteiger partial charge in [-0.2, -0.15) is 0 Å². The van der Waals surface area contributed by atoms with Crippen molar-refractivity contribution in [2.24, 2.45) is 5.92 Å². The third kappa shape index (κ3) is 4.21. The average molecular weight is 276 g/mol. The molecule has 0 bridgehead atoms. The van der Waals surface area contributed by atoms with E-state index in [1.165, 1.54) is 0 Å². The highest BCUT2D eigenvalue weighted by Crippen LogP contribution is 2.17. The molecule has 0 spiro atoms. The third-order valence-electron chi connectivity index (χ3n) is 3.91. The summed E-state index contributed by atoms with van der Waals surface area (Å²) >= 11 is 0. The van der Waals surface area contributed by atoms with Crippen LogP contribution < -0.4 is 5.32 Å². The summed E-state index contributed by atoms with van der Waals surface area (Å²) in [6, 6.07) is 1.02. The lowest BCUT2D eigenvalue weighted by Gasteiger charge is -2.34. The molecule has 0 saturated carbocycles. The Labute approximate surface area is 112 Å². The molecule has 0 aromatic rings. The van der Waals surface area contributed by atoms with Crippen molar-refractivity contribution in [2.75, 3.05) is 18.8 Å². The predicted molar refractivity (Wildman–Crippen MR) is 76.1 cm³/mol. The topological polar surface area (TPSA) is 49.4 Å². The maximum Gasteiger partial charge on any atom is 0.213 e. The highest BCUT2D eigenvalue weighted by Gasteiger charge is 2.27. The number of nitrogens with zero attached hydrogens (tertiary/aromatic N) is 1. The van der Waals surface area contributed by atoms with E-state index in [0.29, 0.717) is 31.1 Å². The Morgan fingerprint density at radius 2 is 1.78 bits per heavy atom. The number of hydrogen-bond donors (Lipinski definition) is 1. The largest absolute Gasteiger partial charge is 0.311 e. The minimum absolute atomic E-state index is 0.217. The Morgan fingerprint density at radius 3 is 2.17 bits per heavy atom. The van der Waals surface area contributed by atoms with E-state index >= 15 is 0 Å². The van der Waals surface area contributed by atoms with Gasteiger partial charge in [0.2, 0.25) is 10.0 Å². The van der Waals surface area contributed by atoms with Gasteiger partial charge in [-0.3, -0.25) is 0 Å². The Balaban J connectivity index is 2.45. The molecule has 0 amide bonds. The third-order valence-corrected chi connectivity index (χ3v) is 5.79. The van der Waals surface area contributed by atoms with E-state index in [2.05, 4.69) is 26.1 Å². The lowest BCUT2D eigenvalue weighted by molar-refractivity contribution is 0.251. The van der Waals surface area contributed by atoms with E-state index < -0.39 is 10.0 Å². The van der Waals surface area contributed by atoms with Gasteiger partial charge in [-0.1, -0.05) is 20.8 Å². The molecule has 1 aliphatic rings. The van der Waals surface area contributed by atoms with Crippen molar-refractivity contribution in [2.45, 2.75) is 59.0 Å². The fraction of sp³-hybridized carbons (Fsp3) is 1.00. The van der Waals surface area contributed by atoms with E-state index in [1.54, 1.807) is 11.2 Å². The summed E-state index contributed by atoms with van der Waals surface area (Å²) in [7, 11) is -2.99. The minimum atomic E-state index is -2.99. The average Bonchev–Trinajstić information content (AvgIpc) is 2.36. The van der Waals surface area contributed by atoms with Crippen LogP contribution in [0.15, 0.2) is 0 Å². The van der Waals surface area contributed by atoms with Gasteiger partial charge < -0.3 is 5.32 Å². The van der Waals surface area contributed by atoms with Crippen LogP contribution in [0.5, 0.6) is 0 Å². The molecule has 1 rings (SSSR count). The Kier molecular flexibility index (Phi) is 6.08. The molecule has 5 heteroatoms. The van der Waals surface area contributed by atoms with Gasteiger partial charge in [0.15, 0.2) is 0 Å². The molecule has 1 N–H and O–H groups in total. The highest BCUT2D eigenvalue weighted by molar-refractivity contribution is 7.89. The first-order valence-electron chi connectivity index (χ1n) is 7.14. The molecule has 1 atom stereocenters. The van der Waals surface area contributed by atoms with Crippen molar-refractivity contribution < 1.29 is 8.42 Å². The quantitative estimate of drug-likeness (QED) is 0.805. The monoisotopic (exact) mass is 276 g/mol. The molecule has 0 aromatic carbocycles. The molecule has 4 nitrogen and oxygen atoms in total. The van der Waals surface area contributed by atoms with Gasteiger partial charge in [0.25, 0.3) is 0 Å². The number of hydrogen-bond acceptors (Lipinski definition) is 3. The molecule has 1 saturated heterocycles. The zero-order chi connectivity index (χ0) is 13.8. The van der Waals surface area contributed by atoms with Crippen molar-refractivity contribution in [1.82, 2.24) is 9.62 Å². The Hall–Kier alpha value is -0.130. The highest BCUT2D eigenvalue weighted by atomic mass is 32.2. The van der Waals surface area contributed by atoms with Crippen LogP contribution in [0.3, 0.4) is 0 Å². The zero-order valence-electron chi connectivity index (χ0n) is 12.1. The van der Waals surface area contributed by atoms with E-state index in [0.717, 1.165) is 19.3 Å². The van der Waals surface area contributed by atoms with Crippen molar-refractivity contribution in [1.29, 1.82) is 0 Å². The second-order valence-electron chi connectivity index (χ2n) is 5.50. The molecule has 0 radical (unpaired) electrons. The first-order valence-corrected chi connectivity index (χ1v) is 8.75. The molecule has 0 aromatic heterocycles. The van der Waals surface area contributed by atoms with E-state index in [4.69, 9.17) is 0 Å². The molecule has 1 aliphatic heterocycles. The Morgan fingerprint density at radius 1 is 1.22 bits per heavy atom. The summed E-state index contributed by atoms with van der Waals surface area (Å²) in [5.41, 5.74) is 0. The fourth-order valence-electron chi connectivity index (χ4n) is 2.57. The molecule has 18 heavy (non-hydrogen) atoms. The SMILES string of the molecule is CCC(NC1CCN(S(=O)(=O)CC)CC1)C(C)C. The minimum Gasteiger partial charge on any atom is -0.311 e. The molecule has 1 heterocycles. The summed E-state index contributed by atoms with van der Waals surface area (Å²) < 4.78 is 25.1. The van der Waals surface area contributed by atoms with Gasteiger partial charge in [0.05, 0.1) is 5.75 Å². The zero-order valence-corrected chi connectivity index (χ0v) is 13.0. The summed E-state index contributed by atoms with van der Waals surface area (Å²) in [6.45, 7) is 9.72. The van der Waals surface area contributed by atoms with Crippen molar-refractivity contribution in [3.05, 3.63) is 0 Å². The Bertz CT molecular complexity index is 333. The maximum atomic E-state index is 11.8. The van der Waals surface area contributed by atoms with E-state index in [1.807, 2.05) is 0 Å². The summed E-state index contributed by atoms with van der Waals surface area (Å²) in [6.07, 6.45) is 3.00. The standard InChI is InChI=1S/C13H28N2O2S/c1-5-13(11(3)4)14-12-7-9-15(10-8-12)18(16,17)6-2/h11-14H,5-10H2,1-4H3. The molecular weight excluding hydrogens is 248 g/mol. The lowest BCUT2D eigenvalue weighted by atomic mass is 9.98. The maximum absolute atomic E-state index is 11.8. The van der Waals surface area contributed by atoms with Crippen LogP contribution in [-0.4, -0.2) is 43.6 Å². The first-order chi connectivity index (χ1) is 8.40. The van der Waals surface area contributed by atoms with Crippen LogP contribution in [0, 0.1) is 5.92 Å². The fourth-order valence-corrected chi connectivity index (χ4v) is 3.70. The summed E-state index contributed by atoms with van der Waals surface area (Å²) in [4.78, 5) is 0. The second-order valence-corrected chi connectivity index (χ2v) is 7.76. The van der Waals surface area contributed by atoms with Gasteiger partial charge >= 0.3 is 0 Å². The molecule has 0 aliphatic carbocycles. The number of piperidine rings is 1. The summed E-state index contributed by atoms with van der Waals surface area (Å²) in [5.74, 6) is 0.849. The molecule has 1 unspecified atom stereocenters. The van der Waals surface area contributed by atoms with Crippen LogP contribution in [0.4, 0.5) is 0 Å². The van der Waals surface area contributed by atoms with Crippen molar-refractivity contribution in [3.8, 4) is 0 Å². The van der Waals surface area contributed by atoms with Gasteiger partial charge in [-0.15, -0.1) is 0 Å². The van der Waals surface area contributed by atoms with Crippen LogP contribution in [0.2, 0.25) is 0 Å². The molecule has 108 valence electrons. The van der Waals surface area contributed by atoms with Crippen molar-refractivity contribution in [3.63, 3.8) is 0 Å². The number of nitrogens with one attached hydrogen (secondary N) is 1. The molecule has 1 fully saturated rings. The molecular formula is C13H28N2O2S. The first kappa shape index (κ1) is 15.9. The summed E-state index contributed by atoms with van der Waals surface area (Å²) in [5, 5.41) is 3.67. The van der Waals surface area contributed by atoms with E-state index in [9.17, 15) is 8.42 Å². The smallest absolute Gasteiger partial charge is 0.213 e.